The maximum Gasteiger partial charge on any atom is 0.220 e. The average Bonchev–Trinajstić information content (AvgIpc) is 3.20. The molecule has 0 bridgehead atoms. The Balaban J connectivity index is 1.42. The molecule has 1 saturated heterocycles. The van der Waals surface area contributed by atoms with Crippen molar-refractivity contribution in [2.45, 2.75) is 51.0 Å². The Morgan fingerprint density at radius 2 is 2.10 bits per heavy atom. The van der Waals surface area contributed by atoms with E-state index in [4.69, 9.17) is 0 Å². The number of para-hydroxylation sites is 1. The van der Waals surface area contributed by atoms with Crippen molar-refractivity contribution in [3.05, 3.63) is 71.7 Å². The summed E-state index contributed by atoms with van der Waals surface area (Å²) in [5.74, 6) is -0.456. The van der Waals surface area contributed by atoms with Gasteiger partial charge in [-0.2, -0.15) is 0 Å². The summed E-state index contributed by atoms with van der Waals surface area (Å²) in [6.45, 7) is 5.38. The van der Waals surface area contributed by atoms with Gasteiger partial charge in [-0.1, -0.05) is 30.3 Å². The third-order valence-corrected chi connectivity index (χ3v) is 6.72. The zero-order valence-corrected chi connectivity index (χ0v) is 18.3. The van der Waals surface area contributed by atoms with Crippen LogP contribution in [0, 0.1) is 5.82 Å². The van der Waals surface area contributed by atoms with Gasteiger partial charge in [0.25, 0.3) is 0 Å². The van der Waals surface area contributed by atoms with Crippen LogP contribution in [-0.2, 0) is 4.79 Å². The zero-order chi connectivity index (χ0) is 21.6. The van der Waals surface area contributed by atoms with E-state index in [0.29, 0.717) is 13.0 Å². The molecule has 1 unspecified atom stereocenters. The molecule has 164 valence electrons. The van der Waals surface area contributed by atoms with Gasteiger partial charge in [0.15, 0.2) is 0 Å². The molecule has 31 heavy (non-hydrogen) atoms. The number of aromatic nitrogens is 1. The number of hydrogen-bond donors (Lipinski definition) is 3. The lowest BCUT2D eigenvalue weighted by atomic mass is 9.88. The summed E-state index contributed by atoms with van der Waals surface area (Å²) in [5.41, 5.74) is 2.88. The van der Waals surface area contributed by atoms with Crippen molar-refractivity contribution < 1.29 is 14.1 Å². The standard InChI is InChI=1S/C26H32FN3O/c1-19-8-4-5-14-30(19)15-7-13-28-26(31)17-23(20-9-6-10-21(27)16-20)24-18-29-25-12-3-2-11-22(24)25/h2-3,6,9-12,16,18-19,23,29H,4-5,7-8,13-15,17H2,1H3,(H,28,31)/p+1/t19-,23+/m1/s1. The van der Waals surface area contributed by atoms with Gasteiger partial charge in [0.1, 0.15) is 5.82 Å². The predicted molar refractivity (Wildman–Crippen MR) is 123 cm³/mol. The third-order valence-electron chi connectivity index (χ3n) is 6.72. The van der Waals surface area contributed by atoms with Crippen molar-refractivity contribution in [2.75, 3.05) is 19.6 Å². The fraction of sp³-hybridized carbons (Fsp3) is 0.423. The highest BCUT2D eigenvalue weighted by Gasteiger charge is 2.23. The van der Waals surface area contributed by atoms with Crippen molar-refractivity contribution in [1.82, 2.24) is 10.3 Å². The second-order valence-electron chi connectivity index (χ2n) is 8.86. The van der Waals surface area contributed by atoms with Crippen molar-refractivity contribution in [1.29, 1.82) is 0 Å². The normalized spacial score (nSPS) is 19.9. The van der Waals surface area contributed by atoms with Crippen LogP contribution in [-0.4, -0.2) is 36.6 Å². The number of benzene rings is 2. The number of halogens is 1. The number of nitrogens with one attached hydrogen (secondary N) is 3. The number of likely N-dealkylation sites (tertiary alicyclic amines) is 1. The van der Waals surface area contributed by atoms with E-state index in [9.17, 15) is 9.18 Å². The lowest BCUT2D eigenvalue weighted by Gasteiger charge is -2.30. The highest BCUT2D eigenvalue weighted by Crippen LogP contribution is 2.33. The number of H-pyrrole nitrogens is 1. The number of carbonyl (C=O) groups is 1. The quantitative estimate of drug-likeness (QED) is 0.475. The van der Waals surface area contributed by atoms with Crippen LogP contribution >= 0.6 is 0 Å². The SMILES string of the molecule is C[C@@H]1CCCC[NH+]1CCCNC(=O)C[C@@H](c1cccc(F)c1)c1c[nH]c2ccccc12. The van der Waals surface area contributed by atoms with Gasteiger partial charge < -0.3 is 15.2 Å². The Morgan fingerprint density at radius 3 is 2.94 bits per heavy atom. The van der Waals surface area contributed by atoms with E-state index in [1.54, 1.807) is 17.0 Å². The van der Waals surface area contributed by atoms with Gasteiger partial charge in [0.05, 0.1) is 19.1 Å². The summed E-state index contributed by atoms with van der Waals surface area (Å²) >= 11 is 0. The summed E-state index contributed by atoms with van der Waals surface area (Å²) in [4.78, 5) is 17.8. The molecule has 5 heteroatoms. The number of quaternary nitrogens is 1. The Labute approximate surface area is 183 Å². The van der Waals surface area contributed by atoms with Crippen LogP contribution in [0.5, 0.6) is 0 Å². The maximum atomic E-state index is 14.0. The van der Waals surface area contributed by atoms with E-state index in [0.717, 1.165) is 41.0 Å². The van der Waals surface area contributed by atoms with Crippen LogP contribution in [0.1, 0.15) is 56.1 Å². The minimum absolute atomic E-state index is 0.0150. The van der Waals surface area contributed by atoms with Crippen molar-refractivity contribution >= 4 is 16.8 Å². The van der Waals surface area contributed by atoms with Gasteiger partial charge in [-0.15, -0.1) is 0 Å². The summed E-state index contributed by atoms with van der Waals surface area (Å²) in [6.07, 6.45) is 7.21. The number of rotatable bonds is 8. The maximum absolute atomic E-state index is 14.0. The predicted octanol–water partition coefficient (Wildman–Crippen LogP) is 3.79. The Hall–Kier alpha value is -2.66. The molecular formula is C26H33FN3O+. The monoisotopic (exact) mass is 422 g/mol. The summed E-state index contributed by atoms with van der Waals surface area (Å²) in [5, 5.41) is 4.18. The largest absolute Gasteiger partial charge is 0.361 e. The first-order chi connectivity index (χ1) is 15.1. The van der Waals surface area contributed by atoms with Crippen molar-refractivity contribution in [2.24, 2.45) is 0 Å². The van der Waals surface area contributed by atoms with Crippen LogP contribution in [0.15, 0.2) is 54.7 Å². The van der Waals surface area contributed by atoms with E-state index < -0.39 is 0 Å². The number of hydrogen-bond acceptors (Lipinski definition) is 1. The molecule has 4 rings (SSSR count). The lowest BCUT2D eigenvalue weighted by Crippen LogP contribution is -3.16. The molecule has 0 aliphatic carbocycles. The first-order valence-electron chi connectivity index (χ1n) is 11.5. The summed E-state index contributed by atoms with van der Waals surface area (Å²) < 4.78 is 14.0. The molecule has 2 aromatic carbocycles. The topological polar surface area (TPSA) is 49.3 Å². The number of aromatic amines is 1. The Bertz CT molecular complexity index is 1010. The molecule has 1 aliphatic rings. The second-order valence-corrected chi connectivity index (χ2v) is 8.86. The molecular weight excluding hydrogens is 389 g/mol. The Kier molecular flexibility index (Phi) is 7.03. The number of carbonyl (C=O) groups excluding carboxylic acids is 1. The van der Waals surface area contributed by atoms with Crippen LogP contribution in [0.2, 0.25) is 0 Å². The Morgan fingerprint density at radius 1 is 1.23 bits per heavy atom. The van der Waals surface area contributed by atoms with E-state index in [-0.39, 0.29) is 17.6 Å². The van der Waals surface area contributed by atoms with Gasteiger partial charge in [-0.05, 0) is 55.5 Å². The van der Waals surface area contributed by atoms with Gasteiger partial charge in [0.2, 0.25) is 5.91 Å². The molecule has 0 spiro atoms. The molecule has 3 atom stereocenters. The van der Waals surface area contributed by atoms with Gasteiger partial charge in [-0.3, -0.25) is 4.79 Å². The van der Waals surface area contributed by atoms with Crippen molar-refractivity contribution in [3.8, 4) is 0 Å². The highest BCUT2D eigenvalue weighted by atomic mass is 19.1. The fourth-order valence-corrected chi connectivity index (χ4v) is 4.94. The molecule has 2 heterocycles. The first-order valence-corrected chi connectivity index (χ1v) is 11.5. The zero-order valence-electron chi connectivity index (χ0n) is 18.3. The molecule has 4 nitrogen and oxygen atoms in total. The lowest BCUT2D eigenvalue weighted by molar-refractivity contribution is -0.928. The number of piperidine rings is 1. The van der Waals surface area contributed by atoms with Crippen molar-refractivity contribution in [3.63, 3.8) is 0 Å². The number of amides is 1. The molecule has 0 saturated carbocycles. The summed E-state index contributed by atoms with van der Waals surface area (Å²) in [7, 11) is 0. The molecule has 1 fully saturated rings. The number of fused-ring (bicyclic) bond motifs is 1. The first kappa shape index (κ1) is 21.6. The van der Waals surface area contributed by atoms with E-state index >= 15 is 0 Å². The van der Waals surface area contributed by atoms with Gasteiger partial charge in [-0.25, -0.2) is 4.39 Å². The molecule has 1 amide bonds. The van der Waals surface area contributed by atoms with E-state index in [1.165, 1.54) is 31.9 Å². The minimum atomic E-state index is -0.277. The molecule has 1 aliphatic heterocycles. The second kappa shape index (κ2) is 10.1. The molecule has 0 radical (unpaired) electrons. The average molecular weight is 423 g/mol. The van der Waals surface area contributed by atoms with Crippen LogP contribution in [0.3, 0.4) is 0 Å². The molecule has 3 N–H and O–H groups in total. The van der Waals surface area contributed by atoms with Crippen LogP contribution in [0.4, 0.5) is 4.39 Å². The van der Waals surface area contributed by atoms with Crippen LogP contribution in [0.25, 0.3) is 10.9 Å². The van der Waals surface area contributed by atoms with E-state index in [2.05, 4.69) is 17.2 Å². The molecule has 3 aromatic rings. The molecule has 1 aromatic heterocycles. The summed E-state index contributed by atoms with van der Waals surface area (Å²) in [6, 6.07) is 15.4. The van der Waals surface area contributed by atoms with Crippen LogP contribution < -0.4 is 10.2 Å². The van der Waals surface area contributed by atoms with Gasteiger partial charge >= 0.3 is 0 Å². The highest BCUT2D eigenvalue weighted by molar-refractivity contribution is 5.86. The fourth-order valence-electron chi connectivity index (χ4n) is 4.94. The third kappa shape index (κ3) is 5.34. The van der Waals surface area contributed by atoms with Gasteiger partial charge in [0, 0.05) is 42.4 Å². The smallest absolute Gasteiger partial charge is 0.220 e. The van der Waals surface area contributed by atoms with E-state index in [1.807, 2.05) is 36.5 Å². The minimum Gasteiger partial charge on any atom is -0.361 e.